The first-order valence-corrected chi connectivity index (χ1v) is 8.61. The highest BCUT2D eigenvalue weighted by Crippen LogP contribution is 2.30. The predicted octanol–water partition coefficient (Wildman–Crippen LogP) is 3.48. The molecule has 1 aliphatic carbocycles. The van der Waals surface area contributed by atoms with Crippen LogP contribution < -0.4 is 5.32 Å². The van der Waals surface area contributed by atoms with Crippen molar-refractivity contribution >= 4 is 26.7 Å². The highest BCUT2D eigenvalue weighted by Gasteiger charge is 2.29. The fourth-order valence-electron chi connectivity index (χ4n) is 2.46. The Morgan fingerprint density at radius 1 is 1.39 bits per heavy atom. The van der Waals surface area contributed by atoms with Crippen LogP contribution >= 0.6 is 15.9 Å². The summed E-state index contributed by atoms with van der Waals surface area (Å²) in [5, 5.41) is 3.84. The first-order valence-electron chi connectivity index (χ1n) is 6.61. The van der Waals surface area contributed by atoms with E-state index in [2.05, 4.69) is 28.2 Å². The second kappa shape index (κ2) is 6.83. The second-order valence-corrected chi connectivity index (χ2v) is 7.37. The lowest BCUT2D eigenvalue weighted by molar-refractivity contribution is 0.523. The zero-order valence-electron chi connectivity index (χ0n) is 10.7. The Labute approximate surface area is 120 Å². The summed E-state index contributed by atoms with van der Waals surface area (Å²) in [6.45, 7) is 3.25. The van der Waals surface area contributed by atoms with E-state index in [9.17, 15) is 4.21 Å². The Hall–Kier alpha value is -0.190. The molecule has 18 heavy (non-hydrogen) atoms. The van der Waals surface area contributed by atoms with Crippen LogP contribution in [0.15, 0.2) is 33.6 Å². The fourth-order valence-corrected chi connectivity index (χ4v) is 4.81. The Bertz CT molecular complexity index is 424. The molecule has 1 fully saturated rings. The Kier molecular flexibility index (Phi) is 5.39. The van der Waals surface area contributed by atoms with Gasteiger partial charge in [-0.05, 0) is 60.3 Å². The summed E-state index contributed by atoms with van der Waals surface area (Å²) >= 11 is 3.49. The molecule has 0 amide bonds. The number of hydrogen-bond donors (Lipinski definition) is 1. The van der Waals surface area contributed by atoms with Gasteiger partial charge in [-0.15, -0.1) is 0 Å². The smallest absolute Gasteiger partial charge is 0.0572 e. The second-order valence-electron chi connectivity index (χ2n) is 4.81. The molecule has 0 heterocycles. The van der Waals surface area contributed by atoms with Gasteiger partial charge in [0, 0.05) is 15.8 Å². The van der Waals surface area contributed by atoms with Crippen LogP contribution in [-0.2, 0) is 10.8 Å². The number of benzene rings is 1. The monoisotopic (exact) mass is 329 g/mol. The predicted molar refractivity (Wildman–Crippen MR) is 80.3 cm³/mol. The largest absolute Gasteiger partial charge is 0.314 e. The lowest BCUT2D eigenvalue weighted by Gasteiger charge is -2.13. The lowest BCUT2D eigenvalue weighted by atomic mass is 10.2. The van der Waals surface area contributed by atoms with Crippen molar-refractivity contribution in [1.82, 2.24) is 5.32 Å². The number of hydrogen-bond acceptors (Lipinski definition) is 2. The van der Waals surface area contributed by atoms with E-state index in [1.165, 1.54) is 0 Å². The van der Waals surface area contributed by atoms with Crippen LogP contribution in [0.3, 0.4) is 0 Å². The molecule has 1 aliphatic rings. The van der Waals surface area contributed by atoms with Crippen LogP contribution in [0, 0.1) is 0 Å². The van der Waals surface area contributed by atoms with Crippen molar-refractivity contribution in [2.75, 3.05) is 6.54 Å². The minimum atomic E-state index is -0.883. The summed E-state index contributed by atoms with van der Waals surface area (Å²) in [6, 6.07) is 8.41. The lowest BCUT2D eigenvalue weighted by Crippen LogP contribution is -2.28. The molecule has 0 saturated heterocycles. The number of nitrogens with one attached hydrogen (secondary N) is 1. The third kappa shape index (κ3) is 3.43. The van der Waals surface area contributed by atoms with Crippen LogP contribution in [0.25, 0.3) is 0 Å². The van der Waals surface area contributed by atoms with E-state index >= 15 is 0 Å². The highest BCUT2D eigenvalue weighted by molar-refractivity contribution is 9.10. The van der Waals surface area contributed by atoms with Crippen molar-refractivity contribution in [3.63, 3.8) is 0 Å². The number of halogens is 1. The third-order valence-corrected chi connectivity index (χ3v) is 6.20. The molecular formula is C14H20BrNOS. The molecule has 0 aromatic heterocycles. The normalized spacial score (nSPS) is 25.2. The Balaban J connectivity index is 1.97. The van der Waals surface area contributed by atoms with E-state index in [1.54, 1.807) is 0 Å². The molecule has 0 spiro atoms. The van der Waals surface area contributed by atoms with Gasteiger partial charge in [-0.3, -0.25) is 4.21 Å². The van der Waals surface area contributed by atoms with E-state index in [-0.39, 0.29) is 0 Å². The average Bonchev–Trinajstić information content (AvgIpc) is 2.85. The van der Waals surface area contributed by atoms with E-state index in [0.717, 1.165) is 41.6 Å². The number of rotatable bonds is 5. The third-order valence-electron chi connectivity index (χ3n) is 3.42. The summed E-state index contributed by atoms with van der Waals surface area (Å²) < 4.78 is 13.5. The van der Waals surface area contributed by atoms with Gasteiger partial charge in [0.05, 0.1) is 15.7 Å². The van der Waals surface area contributed by atoms with Crippen LogP contribution in [0.1, 0.15) is 32.6 Å². The van der Waals surface area contributed by atoms with Crippen LogP contribution in [0.5, 0.6) is 0 Å². The Morgan fingerprint density at radius 2 is 2.17 bits per heavy atom. The summed E-state index contributed by atoms with van der Waals surface area (Å²) in [6.07, 6.45) is 4.42. The highest BCUT2D eigenvalue weighted by atomic mass is 79.9. The van der Waals surface area contributed by atoms with Gasteiger partial charge in [-0.1, -0.05) is 19.1 Å². The first kappa shape index (κ1) is 14.2. The van der Waals surface area contributed by atoms with Crippen molar-refractivity contribution in [2.45, 2.75) is 48.8 Å². The van der Waals surface area contributed by atoms with Crippen LogP contribution in [0.4, 0.5) is 0 Å². The minimum absolute atomic E-state index is 0.304. The van der Waals surface area contributed by atoms with Gasteiger partial charge < -0.3 is 5.32 Å². The van der Waals surface area contributed by atoms with Gasteiger partial charge >= 0.3 is 0 Å². The fraction of sp³-hybridized carbons (Fsp3) is 0.571. The molecule has 1 N–H and O–H groups in total. The molecule has 1 aromatic carbocycles. The molecule has 1 aromatic rings. The summed E-state index contributed by atoms with van der Waals surface area (Å²) in [5.74, 6) is 0. The molecule has 2 nitrogen and oxygen atoms in total. The van der Waals surface area contributed by atoms with E-state index in [1.807, 2.05) is 24.3 Å². The van der Waals surface area contributed by atoms with E-state index in [4.69, 9.17) is 0 Å². The van der Waals surface area contributed by atoms with Crippen LogP contribution in [-0.4, -0.2) is 22.0 Å². The maximum Gasteiger partial charge on any atom is 0.0572 e. The molecule has 1 saturated carbocycles. The molecule has 3 unspecified atom stereocenters. The molecule has 0 bridgehead atoms. The van der Waals surface area contributed by atoms with E-state index in [0.29, 0.717) is 11.3 Å². The zero-order valence-corrected chi connectivity index (χ0v) is 13.1. The van der Waals surface area contributed by atoms with Gasteiger partial charge in [-0.25, -0.2) is 0 Å². The Morgan fingerprint density at radius 3 is 2.89 bits per heavy atom. The van der Waals surface area contributed by atoms with Gasteiger partial charge in [0.2, 0.25) is 0 Å². The molecule has 0 radical (unpaired) electrons. The van der Waals surface area contributed by atoms with Crippen molar-refractivity contribution in [3.8, 4) is 0 Å². The summed E-state index contributed by atoms with van der Waals surface area (Å²) in [5.41, 5.74) is 0. The van der Waals surface area contributed by atoms with Crippen LogP contribution in [0.2, 0.25) is 0 Å². The van der Waals surface area contributed by atoms with Gasteiger partial charge in [0.25, 0.3) is 0 Å². The minimum Gasteiger partial charge on any atom is -0.314 e. The maximum atomic E-state index is 12.5. The average molecular weight is 330 g/mol. The quantitative estimate of drug-likeness (QED) is 0.896. The molecule has 4 heteroatoms. The molecule has 0 aliphatic heterocycles. The van der Waals surface area contributed by atoms with Gasteiger partial charge in [0.1, 0.15) is 0 Å². The molecule has 3 atom stereocenters. The van der Waals surface area contributed by atoms with Gasteiger partial charge in [-0.2, -0.15) is 0 Å². The van der Waals surface area contributed by atoms with Crippen molar-refractivity contribution in [3.05, 3.63) is 28.7 Å². The first-order chi connectivity index (χ1) is 8.72. The topological polar surface area (TPSA) is 29.1 Å². The standard InChI is InChI=1S/C14H20BrNOS/c1-2-9-16-11-7-8-12(10-11)18(17)14-6-4-3-5-13(14)15/h3-6,11-12,16H,2,7-10H2,1H3. The van der Waals surface area contributed by atoms with Crippen molar-refractivity contribution in [2.24, 2.45) is 0 Å². The summed E-state index contributed by atoms with van der Waals surface area (Å²) in [7, 11) is -0.883. The molecular weight excluding hydrogens is 310 g/mol. The molecule has 100 valence electrons. The molecule has 2 rings (SSSR count). The SMILES string of the molecule is CCCNC1CCC(S(=O)c2ccccc2Br)C1. The van der Waals surface area contributed by atoms with Crippen molar-refractivity contribution in [1.29, 1.82) is 0 Å². The van der Waals surface area contributed by atoms with E-state index < -0.39 is 10.8 Å². The summed E-state index contributed by atoms with van der Waals surface area (Å²) in [4.78, 5) is 0.943. The van der Waals surface area contributed by atoms with Crippen molar-refractivity contribution < 1.29 is 4.21 Å². The van der Waals surface area contributed by atoms with Gasteiger partial charge in [0.15, 0.2) is 0 Å². The maximum absolute atomic E-state index is 12.5. The zero-order chi connectivity index (χ0) is 13.0.